The first-order valence-electron chi connectivity index (χ1n) is 7.98. The van der Waals surface area contributed by atoms with Gasteiger partial charge in [-0.2, -0.15) is 4.31 Å². The molecule has 0 aliphatic rings. The standard InChI is InChI=1S/C17H28N2O3S/c1-5-6-12-18(3)17(20)11-13-19(23(4,21)22)14-16-9-7-15(2)8-10-16/h7-10H,5-6,11-14H2,1-4H3. The molecule has 0 aliphatic heterocycles. The molecule has 0 saturated heterocycles. The molecule has 0 aliphatic carbocycles. The normalized spacial score (nSPS) is 11.7. The number of hydrogen-bond acceptors (Lipinski definition) is 3. The Bertz CT molecular complexity index is 597. The fraction of sp³-hybridized carbons (Fsp3) is 0.588. The van der Waals surface area contributed by atoms with Gasteiger partial charge in [0.15, 0.2) is 0 Å². The third kappa shape index (κ3) is 7.14. The molecule has 0 unspecified atom stereocenters. The maximum atomic E-state index is 12.1. The van der Waals surface area contributed by atoms with Crippen molar-refractivity contribution in [2.75, 3.05) is 26.4 Å². The van der Waals surface area contributed by atoms with E-state index in [1.165, 1.54) is 10.6 Å². The third-order valence-electron chi connectivity index (χ3n) is 3.80. The van der Waals surface area contributed by atoms with Crippen molar-refractivity contribution in [2.24, 2.45) is 0 Å². The summed E-state index contributed by atoms with van der Waals surface area (Å²) in [4.78, 5) is 13.8. The smallest absolute Gasteiger partial charge is 0.223 e. The highest BCUT2D eigenvalue weighted by molar-refractivity contribution is 7.88. The lowest BCUT2D eigenvalue weighted by Gasteiger charge is -2.22. The number of carbonyl (C=O) groups is 1. The minimum absolute atomic E-state index is 0.0176. The summed E-state index contributed by atoms with van der Waals surface area (Å²) in [5.41, 5.74) is 2.06. The van der Waals surface area contributed by atoms with Crippen LogP contribution in [0, 0.1) is 6.92 Å². The first kappa shape index (κ1) is 19.6. The van der Waals surface area contributed by atoms with Crippen LogP contribution < -0.4 is 0 Å². The van der Waals surface area contributed by atoms with Crippen LogP contribution in [0.3, 0.4) is 0 Å². The zero-order valence-corrected chi connectivity index (χ0v) is 15.4. The fourth-order valence-electron chi connectivity index (χ4n) is 2.19. The summed E-state index contributed by atoms with van der Waals surface area (Å²) in [5, 5.41) is 0. The van der Waals surface area contributed by atoms with E-state index in [1.807, 2.05) is 31.2 Å². The van der Waals surface area contributed by atoms with Crippen LogP contribution in [0.1, 0.15) is 37.3 Å². The van der Waals surface area contributed by atoms with Gasteiger partial charge < -0.3 is 4.90 Å². The monoisotopic (exact) mass is 340 g/mol. The second-order valence-electron chi connectivity index (χ2n) is 6.00. The molecule has 1 rings (SSSR count). The van der Waals surface area contributed by atoms with Gasteiger partial charge in [-0.1, -0.05) is 43.2 Å². The predicted molar refractivity (Wildman–Crippen MR) is 93.6 cm³/mol. The first-order chi connectivity index (χ1) is 10.7. The molecule has 0 heterocycles. The number of sulfonamides is 1. The zero-order chi connectivity index (χ0) is 17.5. The molecule has 1 aromatic rings. The largest absolute Gasteiger partial charge is 0.346 e. The average molecular weight is 340 g/mol. The molecule has 5 nitrogen and oxygen atoms in total. The number of hydrogen-bond donors (Lipinski definition) is 0. The Hall–Kier alpha value is -1.40. The lowest BCUT2D eigenvalue weighted by Crippen LogP contribution is -2.35. The van der Waals surface area contributed by atoms with E-state index in [0.717, 1.165) is 24.0 Å². The molecule has 130 valence electrons. The molecule has 1 amide bonds. The van der Waals surface area contributed by atoms with E-state index in [4.69, 9.17) is 0 Å². The Balaban J connectivity index is 2.66. The minimum Gasteiger partial charge on any atom is -0.346 e. The van der Waals surface area contributed by atoms with Gasteiger partial charge in [0.05, 0.1) is 6.26 Å². The number of carbonyl (C=O) groups excluding carboxylic acids is 1. The van der Waals surface area contributed by atoms with Crippen molar-refractivity contribution in [3.63, 3.8) is 0 Å². The van der Waals surface area contributed by atoms with Crippen molar-refractivity contribution in [3.8, 4) is 0 Å². The Morgan fingerprint density at radius 2 is 1.74 bits per heavy atom. The SMILES string of the molecule is CCCCN(C)C(=O)CCN(Cc1ccc(C)cc1)S(C)(=O)=O. The highest BCUT2D eigenvalue weighted by Crippen LogP contribution is 2.11. The van der Waals surface area contributed by atoms with E-state index in [2.05, 4.69) is 6.92 Å². The first-order valence-corrected chi connectivity index (χ1v) is 9.83. The van der Waals surface area contributed by atoms with Gasteiger partial charge in [-0.15, -0.1) is 0 Å². The van der Waals surface area contributed by atoms with Gasteiger partial charge in [0, 0.05) is 33.1 Å². The van der Waals surface area contributed by atoms with Crippen molar-refractivity contribution < 1.29 is 13.2 Å². The molecule has 6 heteroatoms. The van der Waals surface area contributed by atoms with Crippen molar-refractivity contribution >= 4 is 15.9 Å². The van der Waals surface area contributed by atoms with Gasteiger partial charge in [-0.25, -0.2) is 8.42 Å². The predicted octanol–water partition coefficient (Wildman–Crippen LogP) is 2.41. The Kier molecular flexibility index (Phi) is 7.72. The van der Waals surface area contributed by atoms with E-state index in [0.29, 0.717) is 13.1 Å². The van der Waals surface area contributed by atoms with Gasteiger partial charge >= 0.3 is 0 Å². The summed E-state index contributed by atoms with van der Waals surface area (Å²) in [5.74, 6) is -0.0176. The molecule has 1 aromatic carbocycles. The Morgan fingerprint density at radius 3 is 2.26 bits per heavy atom. The molecule has 23 heavy (non-hydrogen) atoms. The third-order valence-corrected chi connectivity index (χ3v) is 5.05. The highest BCUT2D eigenvalue weighted by atomic mass is 32.2. The number of nitrogens with zero attached hydrogens (tertiary/aromatic N) is 2. The van der Waals surface area contributed by atoms with Crippen LogP contribution in [0.25, 0.3) is 0 Å². The van der Waals surface area contributed by atoms with Gasteiger partial charge in [0.1, 0.15) is 0 Å². The maximum Gasteiger partial charge on any atom is 0.223 e. The number of amides is 1. The van der Waals surface area contributed by atoms with E-state index < -0.39 is 10.0 Å². The lowest BCUT2D eigenvalue weighted by atomic mass is 10.1. The maximum absolute atomic E-state index is 12.1. The summed E-state index contributed by atoms with van der Waals surface area (Å²) >= 11 is 0. The van der Waals surface area contributed by atoms with Crippen LogP contribution in [-0.4, -0.2) is 49.9 Å². The summed E-state index contributed by atoms with van der Waals surface area (Å²) in [6, 6.07) is 7.75. The molecular formula is C17H28N2O3S. The lowest BCUT2D eigenvalue weighted by molar-refractivity contribution is -0.130. The molecule has 0 bridgehead atoms. The van der Waals surface area contributed by atoms with E-state index >= 15 is 0 Å². The molecule has 0 radical (unpaired) electrons. The Morgan fingerprint density at radius 1 is 1.13 bits per heavy atom. The van der Waals surface area contributed by atoms with Crippen LogP contribution >= 0.6 is 0 Å². The number of rotatable bonds is 9. The average Bonchev–Trinajstić information content (AvgIpc) is 2.49. The molecule has 0 aromatic heterocycles. The molecule has 0 N–H and O–H groups in total. The number of aryl methyl sites for hydroxylation is 1. The highest BCUT2D eigenvalue weighted by Gasteiger charge is 2.19. The summed E-state index contributed by atoms with van der Waals surface area (Å²) in [7, 11) is -1.58. The van der Waals surface area contributed by atoms with Crippen LogP contribution in [0.15, 0.2) is 24.3 Å². The summed E-state index contributed by atoms with van der Waals surface area (Å²) in [6.07, 6.45) is 3.38. The second-order valence-corrected chi connectivity index (χ2v) is 7.98. The van der Waals surface area contributed by atoms with Gasteiger partial charge in [0.25, 0.3) is 0 Å². The van der Waals surface area contributed by atoms with Crippen LogP contribution in [0.5, 0.6) is 0 Å². The quantitative estimate of drug-likeness (QED) is 0.693. The fourth-order valence-corrected chi connectivity index (χ4v) is 3.00. The van der Waals surface area contributed by atoms with Crippen LogP contribution in [0.4, 0.5) is 0 Å². The van der Waals surface area contributed by atoms with Crippen molar-refractivity contribution in [1.82, 2.24) is 9.21 Å². The number of benzene rings is 1. The van der Waals surface area contributed by atoms with Gasteiger partial charge in [-0.3, -0.25) is 4.79 Å². The minimum atomic E-state index is -3.35. The molecule has 0 atom stereocenters. The topological polar surface area (TPSA) is 57.7 Å². The van der Waals surface area contributed by atoms with Gasteiger partial charge in [0.2, 0.25) is 15.9 Å². The molecular weight excluding hydrogens is 312 g/mol. The molecule has 0 spiro atoms. The van der Waals surface area contributed by atoms with Crippen LogP contribution in [0.2, 0.25) is 0 Å². The van der Waals surface area contributed by atoms with Crippen molar-refractivity contribution in [3.05, 3.63) is 35.4 Å². The zero-order valence-electron chi connectivity index (χ0n) is 14.6. The van der Waals surface area contributed by atoms with E-state index in [1.54, 1.807) is 11.9 Å². The van der Waals surface area contributed by atoms with Gasteiger partial charge in [-0.05, 0) is 18.9 Å². The number of unbranched alkanes of at least 4 members (excludes halogenated alkanes) is 1. The summed E-state index contributed by atoms with van der Waals surface area (Å²) in [6.45, 7) is 5.29. The Labute approximate surface area is 140 Å². The van der Waals surface area contributed by atoms with E-state index in [9.17, 15) is 13.2 Å². The van der Waals surface area contributed by atoms with Crippen molar-refractivity contribution in [1.29, 1.82) is 0 Å². The van der Waals surface area contributed by atoms with Crippen molar-refractivity contribution in [2.45, 2.75) is 39.7 Å². The van der Waals surface area contributed by atoms with Crippen LogP contribution in [-0.2, 0) is 21.4 Å². The summed E-state index contributed by atoms with van der Waals surface area (Å²) < 4.78 is 25.3. The van der Waals surface area contributed by atoms with E-state index in [-0.39, 0.29) is 18.9 Å². The molecule has 0 fully saturated rings. The molecule has 0 saturated carbocycles. The second kappa shape index (κ2) is 9.03.